The number of amides is 1. The molecular weight excluding hydrogens is 458 g/mol. The number of hydrogen-bond acceptors (Lipinski definition) is 6. The van der Waals surface area contributed by atoms with Gasteiger partial charge in [0.25, 0.3) is 0 Å². The molecule has 8 heteroatoms. The van der Waals surface area contributed by atoms with E-state index in [1.54, 1.807) is 0 Å². The number of anilines is 1. The summed E-state index contributed by atoms with van der Waals surface area (Å²) in [4.78, 5) is 14.1. The number of benzene rings is 3. The molecule has 35 heavy (non-hydrogen) atoms. The third kappa shape index (κ3) is 5.78. The van der Waals surface area contributed by atoms with Crippen LogP contribution >= 0.6 is 11.8 Å². The molecular formula is C27H27N5O2S. The van der Waals surface area contributed by atoms with Gasteiger partial charge in [-0.1, -0.05) is 60.2 Å². The molecule has 1 saturated heterocycles. The van der Waals surface area contributed by atoms with Crippen molar-refractivity contribution in [1.82, 2.24) is 20.6 Å². The lowest BCUT2D eigenvalue weighted by Crippen LogP contribution is -2.18. The van der Waals surface area contributed by atoms with E-state index in [2.05, 4.69) is 38.1 Å². The van der Waals surface area contributed by atoms with Gasteiger partial charge in [-0.05, 0) is 53.8 Å². The molecule has 3 aromatic carbocycles. The fraction of sp³-hybridized carbons (Fsp3) is 0.259. The molecule has 1 fully saturated rings. The van der Waals surface area contributed by atoms with Gasteiger partial charge in [0.1, 0.15) is 0 Å². The van der Waals surface area contributed by atoms with Crippen molar-refractivity contribution in [3.63, 3.8) is 0 Å². The largest absolute Gasteiger partial charge is 0.381 e. The van der Waals surface area contributed by atoms with E-state index in [1.807, 2.05) is 73.3 Å². The molecule has 7 nitrogen and oxygen atoms in total. The Morgan fingerprint density at radius 3 is 2.57 bits per heavy atom. The number of nitrogens with one attached hydrogen (secondary N) is 2. The Hall–Kier alpha value is -3.49. The lowest BCUT2D eigenvalue weighted by Gasteiger charge is -2.23. The molecule has 2 heterocycles. The highest BCUT2D eigenvalue weighted by Crippen LogP contribution is 2.39. The number of aryl methyl sites for hydroxylation is 1. The Labute approximate surface area is 208 Å². The van der Waals surface area contributed by atoms with E-state index in [1.165, 1.54) is 5.56 Å². The Bertz CT molecular complexity index is 1290. The number of aromatic nitrogens is 4. The fourth-order valence-corrected chi connectivity index (χ4v) is 5.33. The number of carbonyl (C=O) groups excluding carboxylic acids is 1. The number of hydrogen-bond donors (Lipinski definition) is 2. The third-order valence-corrected chi connectivity index (χ3v) is 7.44. The summed E-state index contributed by atoms with van der Waals surface area (Å²) in [6.45, 7) is 3.60. The van der Waals surface area contributed by atoms with Crippen molar-refractivity contribution in [3.8, 4) is 22.5 Å². The van der Waals surface area contributed by atoms with Crippen LogP contribution in [-0.4, -0.2) is 45.0 Å². The minimum atomic E-state index is -0.0358. The van der Waals surface area contributed by atoms with Crippen molar-refractivity contribution in [3.05, 3.63) is 77.9 Å². The zero-order valence-electron chi connectivity index (χ0n) is 19.5. The number of rotatable bonds is 7. The molecule has 0 spiro atoms. The minimum absolute atomic E-state index is 0.0358. The number of aromatic amines is 1. The highest BCUT2D eigenvalue weighted by atomic mass is 32.2. The van der Waals surface area contributed by atoms with Crippen molar-refractivity contribution < 1.29 is 9.53 Å². The van der Waals surface area contributed by atoms with Gasteiger partial charge in [-0.3, -0.25) is 4.79 Å². The number of H-pyrrole nitrogens is 1. The van der Waals surface area contributed by atoms with Gasteiger partial charge in [0.05, 0.1) is 12.1 Å². The highest BCUT2D eigenvalue weighted by Gasteiger charge is 2.19. The molecule has 1 aliphatic rings. The molecule has 5 rings (SSSR count). The van der Waals surface area contributed by atoms with E-state index in [9.17, 15) is 4.79 Å². The molecule has 0 bridgehead atoms. The Morgan fingerprint density at radius 1 is 1.06 bits per heavy atom. The fourth-order valence-electron chi connectivity index (χ4n) is 4.16. The van der Waals surface area contributed by atoms with Crippen LogP contribution in [0.5, 0.6) is 0 Å². The van der Waals surface area contributed by atoms with Gasteiger partial charge in [-0.25, -0.2) is 0 Å². The van der Waals surface area contributed by atoms with Crippen LogP contribution in [0.4, 0.5) is 5.69 Å². The van der Waals surface area contributed by atoms with Gasteiger partial charge in [0.15, 0.2) is 0 Å². The second kappa shape index (κ2) is 10.8. The number of thioether (sulfide) groups is 1. The monoisotopic (exact) mass is 485 g/mol. The second-order valence-corrected chi connectivity index (χ2v) is 9.97. The minimum Gasteiger partial charge on any atom is -0.381 e. The summed E-state index contributed by atoms with van der Waals surface area (Å²) in [5.41, 5.74) is 5.82. The Kier molecular flexibility index (Phi) is 7.20. The van der Waals surface area contributed by atoms with E-state index in [0.717, 1.165) is 58.9 Å². The zero-order valence-corrected chi connectivity index (χ0v) is 20.3. The Balaban J connectivity index is 1.46. The maximum absolute atomic E-state index is 13.0. The normalized spacial score (nSPS) is 14.1. The maximum atomic E-state index is 13.0. The number of nitrogens with zero attached hydrogens (tertiary/aromatic N) is 3. The summed E-state index contributed by atoms with van der Waals surface area (Å²) >= 11 is 1.81. The lowest BCUT2D eigenvalue weighted by atomic mass is 9.99. The first-order chi connectivity index (χ1) is 17.2. The van der Waals surface area contributed by atoms with E-state index >= 15 is 0 Å². The molecule has 1 aliphatic heterocycles. The van der Waals surface area contributed by atoms with Gasteiger partial charge in [-0.15, -0.1) is 22.0 Å². The van der Waals surface area contributed by atoms with Gasteiger partial charge in [0.2, 0.25) is 11.7 Å². The molecule has 1 aromatic heterocycles. The van der Waals surface area contributed by atoms with Gasteiger partial charge < -0.3 is 10.1 Å². The average Bonchev–Trinajstić information content (AvgIpc) is 3.42. The number of tetrazole rings is 1. The SMILES string of the molecule is Cc1ccc(CC(=O)Nc2cc(-c3ccccc3-c3nn[nH]n3)ccc2SC2CCOCC2)cc1. The first kappa shape index (κ1) is 23.3. The van der Waals surface area contributed by atoms with E-state index in [0.29, 0.717) is 17.5 Å². The zero-order chi connectivity index (χ0) is 24.0. The van der Waals surface area contributed by atoms with Gasteiger partial charge >= 0.3 is 0 Å². The predicted molar refractivity (Wildman–Crippen MR) is 138 cm³/mol. The molecule has 0 unspecified atom stereocenters. The van der Waals surface area contributed by atoms with Crippen LogP contribution < -0.4 is 5.32 Å². The molecule has 2 N–H and O–H groups in total. The predicted octanol–water partition coefficient (Wildman–Crippen LogP) is 5.29. The van der Waals surface area contributed by atoms with Crippen molar-refractivity contribution >= 4 is 23.4 Å². The topological polar surface area (TPSA) is 92.8 Å². The van der Waals surface area contributed by atoms with Crippen LogP contribution in [0.2, 0.25) is 0 Å². The standard InChI is InChI=1S/C27H27N5O2S/c1-18-6-8-19(9-7-18)16-26(33)28-24-17-20(10-11-25(24)35-21-12-14-34-15-13-21)22-4-2-3-5-23(22)27-29-31-32-30-27/h2-11,17,21H,12-16H2,1H3,(H,28,33)(H,29,30,31,32). The molecule has 0 radical (unpaired) electrons. The summed E-state index contributed by atoms with van der Waals surface area (Å²) in [5, 5.41) is 18.2. The van der Waals surface area contributed by atoms with E-state index in [-0.39, 0.29) is 5.91 Å². The van der Waals surface area contributed by atoms with Crippen molar-refractivity contribution in [1.29, 1.82) is 0 Å². The second-order valence-electron chi connectivity index (χ2n) is 8.63. The van der Waals surface area contributed by atoms with Crippen LogP contribution in [0.15, 0.2) is 71.6 Å². The maximum Gasteiger partial charge on any atom is 0.228 e. The lowest BCUT2D eigenvalue weighted by molar-refractivity contribution is -0.115. The molecule has 0 aliphatic carbocycles. The molecule has 0 saturated carbocycles. The summed E-state index contributed by atoms with van der Waals surface area (Å²) < 4.78 is 5.53. The van der Waals surface area contributed by atoms with Crippen LogP contribution in [0.3, 0.4) is 0 Å². The first-order valence-electron chi connectivity index (χ1n) is 11.7. The highest BCUT2D eigenvalue weighted by molar-refractivity contribution is 8.00. The van der Waals surface area contributed by atoms with E-state index < -0.39 is 0 Å². The summed E-state index contributed by atoms with van der Waals surface area (Å²) in [6, 6.07) is 22.3. The number of ether oxygens (including phenoxy) is 1. The van der Waals surface area contributed by atoms with Crippen LogP contribution in [0.1, 0.15) is 24.0 Å². The quantitative estimate of drug-likeness (QED) is 0.369. The van der Waals surface area contributed by atoms with Gasteiger partial charge in [0, 0.05) is 28.9 Å². The van der Waals surface area contributed by atoms with Crippen molar-refractivity contribution in [2.75, 3.05) is 18.5 Å². The van der Waals surface area contributed by atoms with Crippen LogP contribution in [0.25, 0.3) is 22.5 Å². The molecule has 1 amide bonds. The summed E-state index contributed by atoms with van der Waals surface area (Å²) in [7, 11) is 0. The first-order valence-corrected chi connectivity index (χ1v) is 12.6. The molecule has 4 aromatic rings. The van der Waals surface area contributed by atoms with Crippen molar-refractivity contribution in [2.45, 2.75) is 36.3 Å². The number of carbonyl (C=O) groups is 1. The van der Waals surface area contributed by atoms with E-state index in [4.69, 9.17) is 4.74 Å². The summed E-state index contributed by atoms with van der Waals surface area (Å²) in [6.07, 6.45) is 2.33. The smallest absolute Gasteiger partial charge is 0.228 e. The summed E-state index contributed by atoms with van der Waals surface area (Å²) in [5.74, 6) is 0.498. The molecule has 0 atom stereocenters. The molecule has 178 valence electrons. The van der Waals surface area contributed by atoms with Gasteiger partial charge in [-0.2, -0.15) is 5.21 Å². The average molecular weight is 486 g/mol. The third-order valence-electron chi connectivity index (χ3n) is 6.03. The van der Waals surface area contributed by atoms with Crippen LogP contribution in [-0.2, 0) is 16.0 Å². The van der Waals surface area contributed by atoms with Crippen LogP contribution in [0, 0.1) is 6.92 Å². The Morgan fingerprint density at radius 2 is 1.83 bits per heavy atom. The van der Waals surface area contributed by atoms with Crippen molar-refractivity contribution in [2.24, 2.45) is 0 Å².